The number of rotatable bonds is 12. The fraction of sp³-hybridized carbons (Fsp3) is 0.500. The zero-order valence-electron chi connectivity index (χ0n) is 20.0. The molecule has 0 bridgehead atoms. The van der Waals surface area contributed by atoms with E-state index in [1.165, 1.54) is 11.8 Å². The van der Waals surface area contributed by atoms with E-state index in [1.807, 2.05) is 42.7 Å². The van der Waals surface area contributed by atoms with E-state index in [0.29, 0.717) is 0 Å². The topological polar surface area (TPSA) is 108 Å². The van der Waals surface area contributed by atoms with Gasteiger partial charge in [0, 0.05) is 4.91 Å². The smallest absolute Gasteiger partial charge is 0.261 e. The van der Waals surface area contributed by atoms with Crippen LogP contribution < -0.4 is 10.4 Å². The molecule has 2 N–H and O–H groups in total. The minimum atomic E-state index is -2.80. The summed E-state index contributed by atoms with van der Waals surface area (Å²) in [6, 6.07) is 19.7. The number of ether oxygens (including phenoxy) is 1. The Morgan fingerprint density at radius 2 is 1.58 bits per heavy atom. The summed E-state index contributed by atoms with van der Waals surface area (Å²) in [5.74, 6) is 0. The third-order valence-corrected chi connectivity index (χ3v) is 11.6. The van der Waals surface area contributed by atoms with E-state index >= 15 is 0 Å². The van der Waals surface area contributed by atoms with Gasteiger partial charge in [0.1, 0.15) is 11.5 Å². The largest absolute Gasteiger partial charge is 0.405 e. The summed E-state index contributed by atoms with van der Waals surface area (Å²) in [6.07, 6.45) is 0.304. The van der Waals surface area contributed by atoms with Gasteiger partial charge >= 0.3 is 0 Å². The summed E-state index contributed by atoms with van der Waals surface area (Å²) in [5, 5.41) is 25.8. The second-order valence-corrected chi connectivity index (χ2v) is 14.2. The molecular weight excluding hydrogens is 454 g/mol. The van der Waals surface area contributed by atoms with Gasteiger partial charge in [-0.25, -0.2) is 0 Å². The summed E-state index contributed by atoms with van der Waals surface area (Å²) >= 11 is 1.32. The summed E-state index contributed by atoms with van der Waals surface area (Å²) in [6.45, 7) is 8.01. The highest BCUT2D eigenvalue weighted by Crippen LogP contribution is 2.37. The summed E-state index contributed by atoms with van der Waals surface area (Å²) in [5.41, 5.74) is 8.20. The van der Waals surface area contributed by atoms with Crippen LogP contribution in [0, 0.1) is 0 Å². The Kier molecular flexibility index (Phi) is 10.4. The lowest BCUT2D eigenvalue weighted by atomic mass is 10.2. The van der Waals surface area contributed by atoms with Crippen LogP contribution in [-0.2, 0) is 9.16 Å². The van der Waals surface area contributed by atoms with E-state index in [-0.39, 0.29) is 18.3 Å². The standard InChI is InChI=1S/C24H35N3O4SSi/c1-18(29)22(31-23(32-5)21(16-28)26-27-25)17-30-33(24(2,3)4,19-12-8-6-9-13-19)20-14-10-7-11-15-20/h6-15,18,21-23,28-29H,16-17H2,1-5H3/t18-,21-,22?,23-/m0/s1. The van der Waals surface area contributed by atoms with E-state index in [0.717, 1.165) is 10.4 Å². The van der Waals surface area contributed by atoms with Crippen LogP contribution in [0.1, 0.15) is 27.7 Å². The second kappa shape index (κ2) is 12.6. The Labute approximate surface area is 201 Å². The molecule has 9 heteroatoms. The van der Waals surface area contributed by atoms with Crippen LogP contribution in [0.2, 0.25) is 5.04 Å². The molecule has 2 rings (SSSR count). The molecule has 2 aromatic rings. The minimum absolute atomic E-state index is 0.149. The van der Waals surface area contributed by atoms with Crippen LogP contribution in [0.25, 0.3) is 10.4 Å². The molecule has 0 saturated carbocycles. The molecule has 0 saturated heterocycles. The molecule has 0 radical (unpaired) electrons. The zero-order chi connectivity index (χ0) is 24.5. The first-order chi connectivity index (χ1) is 15.7. The van der Waals surface area contributed by atoms with Gasteiger partial charge < -0.3 is 19.4 Å². The van der Waals surface area contributed by atoms with Crippen molar-refractivity contribution in [2.75, 3.05) is 19.5 Å². The van der Waals surface area contributed by atoms with Gasteiger partial charge in [-0.05, 0) is 34.1 Å². The van der Waals surface area contributed by atoms with Gasteiger partial charge in [-0.1, -0.05) is 86.5 Å². The number of thioether (sulfide) groups is 1. The third kappa shape index (κ3) is 6.61. The summed E-state index contributed by atoms with van der Waals surface area (Å²) < 4.78 is 13.0. The molecule has 0 aliphatic heterocycles. The van der Waals surface area contributed by atoms with Crippen molar-refractivity contribution in [3.8, 4) is 0 Å². The molecule has 180 valence electrons. The Balaban J connectivity index is 2.46. The van der Waals surface area contributed by atoms with Gasteiger partial charge in [0.15, 0.2) is 0 Å². The first-order valence-electron chi connectivity index (χ1n) is 11.0. The molecule has 0 heterocycles. The summed E-state index contributed by atoms with van der Waals surface area (Å²) in [7, 11) is -2.80. The zero-order valence-corrected chi connectivity index (χ0v) is 21.8. The number of hydrogen-bond acceptors (Lipinski definition) is 6. The third-order valence-electron chi connectivity index (χ3n) is 5.66. The van der Waals surface area contributed by atoms with Crippen molar-refractivity contribution in [2.45, 2.75) is 56.4 Å². The molecular formula is C24H35N3O4SSi. The normalized spacial score (nSPS) is 15.8. The van der Waals surface area contributed by atoms with Crippen molar-refractivity contribution < 1.29 is 19.4 Å². The number of benzene rings is 2. The molecule has 0 amide bonds. The molecule has 0 spiro atoms. The van der Waals surface area contributed by atoms with Gasteiger partial charge in [-0.15, -0.1) is 11.8 Å². The van der Waals surface area contributed by atoms with Crippen LogP contribution in [0.4, 0.5) is 0 Å². The van der Waals surface area contributed by atoms with Crippen molar-refractivity contribution in [1.29, 1.82) is 0 Å². The van der Waals surface area contributed by atoms with Gasteiger partial charge in [-0.3, -0.25) is 0 Å². The van der Waals surface area contributed by atoms with Crippen molar-refractivity contribution in [3.63, 3.8) is 0 Å². The fourth-order valence-corrected chi connectivity index (χ4v) is 9.26. The number of aliphatic hydroxyl groups is 2. The molecule has 0 aliphatic carbocycles. The van der Waals surface area contributed by atoms with Crippen molar-refractivity contribution >= 4 is 30.5 Å². The lowest BCUT2D eigenvalue weighted by Crippen LogP contribution is -2.67. The van der Waals surface area contributed by atoms with Gasteiger partial charge in [0.25, 0.3) is 8.32 Å². The lowest BCUT2D eigenvalue weighted by molar-refractivity contribution is -0.0710. The lowest BCUT2D eigenvalue weighted by Gasteiger charge is -2.44. The second-order valence-electron chi connectivity index (χ2n) is 8.95. The Bertz CT molecular complexity index is 850. The van der Waals surface area contributed by atoms with Crippen LogP contribution in [0.3, 0.4) is 0 Å². The first-order valence-corrected chi connectivity index (χ1v) is 14.2. The SMILES string of the molecule is CS[C@H](OC(CO[Si](c1ccccc1)(c1ccccc1)C(C)(C)C)[C@H](C)O)[C@H](CO)N=[N+]=[N-]. The number of aliphatic hydroxyl groups excluding tert-OH is 2. The number of azide groups is 1. The Hall–Kier alpha value is -1.84. The molecule has 0 aromatic heterocycles. The van der Waals surface area contributed by atoms with Crippen molar-refractivity contribution in [1.82, 2.24) is 0 Å². The van der Waals surface area contributed by atoms with E-state index < -0.39 is 32.0 Å². The molecule has 33 heavy (non-hydrogen) atoms. The maximum absolute atomic E-state index is 10.5. The predicted octanol–water partition coefficient (Wildman–Crippen LogP) is 3.69. The Morgan fingerprint density at radius 3 is 1.94 bits per heavy atom. The summed E-state index contributed by atoms with van der Waals surface area (Å²) in [4.78, 5) is 2.81. The van der Waals surface area contributed by atoms with Crippen LogP contribution in [0.15, 0.2) is 65.8 Å². The van der Waals surface area contributed by atoms with E-state index in [9.17, 15) is 10.2 Å². The van der Waals surface area contributed by atoms with Crippen molar-refractivity contribution in [3.05, 3.63) is 71.1 Å². The molecule has 0 fully saturated rings. The number of nitrogens with zero attached hydrogens (tertiary/aromatic N) is 3. The van der Waals surface area contributed by atoms with Gasteiger partial charge in [0.05, 0.1) is 25.4 Å². The van der Waals surface area contributed by atoms with Crippen molar-refractivity contribution in [2.24, 2.45) is 5.11 Å². The Morgan fingerprint density at radius 1 is 1.06 bits per heavy atom. The van der Waals surface area contributed by atoms with Gasteiger partial charge in [0.2, 0.25) is 0 Å². The maximum Gasteiger partial charge on any atom is 0.261 e. The van der Waals surface area contributed by atoms with Gasteiger partial charge in [-0.2, -0.15) is 0 Å². The minimum Gasteiger partial charge on any atom is -0.405 e. The highest BCUT2D eigenvalue weighted by atomic mass is 32.2. The molecule has 2 aromatic carbocycles. The molecule has 4 atom stereocenters. The quantitative estimate of drug-likeness (QED) is 0.155. The van der Waals surface area contributed by atoms with E-state index in [1.54, 1.807) is 6.92 Å². The highest BCUT2D eigenvalue weighted by molar-refractivity contribution is 7.99. The number of hydrogen-bond donors (Lipinski definition) is 2. The molecule has 0 aliphatic rings. The average Bonchev–Trinajstić information content (AvgIpc) is 2.80. The van der Waals surface area contributed by atoms with Crippen LogP contribution in [-0.4, -0.2) is 61.7 Å². The first kappa shape index (κ1) is 27.4. The molecule has 1 unspecified atom stereocenters. The van der Waals surface area contributed by atoms with E-state index in [2.05, 4.69) is 55.1 Å². The van der Waals surface area contributed by atoms with Crippen LogP contribution in [0.5, 0.6) is 0 Å². The maximum atomic E-state index is 10.5. The predicted molar refractivity (Wildman–Crippen MR) is 137 cm³/mol. The fourth-order valence-electron chi connectivity index (χ4n) is 3.98. The van der Waals surface area contributed by atoms with Crippen LogP contribution >= 0.6 is 11.8 Å². The van der Waals surface area contributed by atoms with E-state index in [4.69, 9.17) is 14.7 Å². The average molecular weight is 490 g/mol. The highest BCUT2D eigenvalue weighted by Gasteiger charge is 2.50. The monoisotopic (exact) mass is 489 g/mol. The molecule has 7 nitrogen and oxygen atoms in total.